The van der Waals surface area contributed by atoms with Crippen LogP contribution in [0, 0.1) is 0 Å². The number of aryl methyl sites for hydroxylation is 1. The maximum atomic E-state index is 13.0. The summed E-state index contributed by atoms with van der Waals surface area (Å²) in [6.07, 6.45) is 9.55. The van der Waals surface area contributed by atoms with E-state index in [4.69, 9.17) is 10.5 Å². The first-order valence-corrected chi connectivity index (χ1v) is 14.6. The number of hydrogen-bond acceptors (Lipinski definition) is 8. The van der Waals surface area contributed by atoms with Gasteiger partial charge in [-0.05, 0) is 52.9 Å². The molecule has 6 rings (SSSR count). The lowest BCUT2D eigenvalue weighted by Crippen LogP contribution is -2.30. The predicted octanol–water partition coefficient (Wildman–Crippen LogP) is 6.00. The highest BCUT2D eigenvalue weighted by Gasteiger charge is 2.17. The molecule has 1 amide bonds. The molecule has 0 saturated heterocycles. The molecule has 9 nitrogen and oxygen atoms in total. The Morgan fingerprint density at radius 2 is 1.95 bits per heavy atom. The van der Waals surface area contributed by atoms with Crippen molar-refractivity contribution in [1.29, 1.82) is 0 Å². The number of hydrogen-bond donors (Lipinski definition) is 4. The highest BCUT2D eigenvalue weighted by molar-refractivity contribution is 7.18. The summed E-state index contributed by atoms with van der Waals surface area (Å²) in [6, 6.07) is 19.5. The average Bonchev–Trinajstić information content (AvgIpc) is 3.64. The monoisotopic (exact) mass is 589 g/mol. The molecule has 0 aliphatic heterocycles. The topological polar surface area (TPSA) is 119 Å². The van der Waals surface area contributed by atoms with Crippen molar-refractivity contribution in [3.8, 4) is 16.9 Å². The number of anilines is 2. The second kappa shape index (κ2) is 12.4. The highest BCUT2D eigenvalue weighted by atomic mass is 32.1. The van der Waals surface area contributed by atoms with E-state index in [0.717, 1.165) is 50.8 Å². The van der Waals surface area contributed by atoms with Gasteiger partial charge in [0, 0.05) is 70.8 Å². The van der Waals surface area contributed by atoms with Crippen molar-refractivity contribution >= 4 is 55.8 Å². The van der Waals surface area contributed by atoms with Crippen LogP contribution in [-0.2, 0) is 13.6 Å². The van der Waals surface area contributed by atoms with E-state index in [1.54, 1.807) is 30.8 Å². The van der Waals surface area contributed by atoms with Crippen LogP contribution in [0.5, 0.6) is 5.75 Å². The smallest absolute Gasteiger partial charge is 0.286 e. The number of hydrazine groups is 1. The van der Waals surface area contributed by atoms with Gasteiger partial charge in [0.15, 0.2) is 0 Å². The molecular weight excluding hydrogens is 558 g/mol. The Labute approximate surface area is 253 Å². The van der Waals surface area contributed by atoms with Crippen molar-refractivity contribution < 1.29 is 9.53 Å². The summed E-state index contributed by atoms with van der Waals surface area (Å²) >= 11 is 1.63. The molecule has 6 aromatic rings. The fraction of sp³-hybridized carbons (Fsp3) is 0.121. The zero-order valence-corrected chi connectivity index (χ0v) is 24.6. The number of fused-ring (bicyclic) bond motifs is 2. The number of ether oxygens (including phenoxy) is 1. The van der Waals surface area contributed by atoms with Gasteiger partial charge in [0.25, 0.3) is 5.91 Å². The van der Waals surface area contributed by atoms with Crippen LogP contribution in [0.25, 0.3) is 38.2 Å². The van der Waals surface area contributed by atoms with Gasteiger partial charge in [0.1, 0.15) is 17.3 Å². The predicted molar refractivity (Wildman–Crippen MR) is 175 cm³/mol. The third kappa shape index (κ3) is 5.78. The second-order valence-corrected chi connectivity index (χ2v) is 10.9. The Morgan fingerprint density at radius 3 is 2.77 bits per heavy atom. The summed E-state index contributed by atoms with van der Waals surface area (Å²) in [5, 5.41) is 7.41. The Morgan fingerprint density at radius 1 is 1.12 bits per heavy atom. The lowest BCUT2D eigenvalue weighted by molar-refractivity contribution is 0.0955. The summed E-state index contributed by atoms with van der Waals surface area (Å²) in [5.74, 6) is 0.806. The first kappa shape index (κ1) is 28.0. The van der Waals surface area contributed by atoms with Crippen molar-refractivity contribution in [1.82, 2.24) is 25.3 Å². The Kier molecular flexibility index (Phi) is 8.03. The van der Waals surface area contributed by atoms with Crippen LogP contribution in [0.1, 0.15) is 21.6 Å². The number of benzene rings is 2. The van der Waals surface area contributed by atoms with Gasteiger partial charge in [0.2, 0.25) is 0 Å². The maximum absolute atomic E-state index is 13.0. The van der Waals surface area contributed by atoms with E-state index in [9.17, 15) is 4.79 Å². The molecule has 0 unspecified atom stereocenters. The number of nitrogens with zero attached hydrogens (tertiary/aromatic N) is 3. The third-order valence-corrected chi connectivity index (χ3v) is 8.33. The van der Waals surface area contributed by atoms with Crippen LogP contribution in [0.4, 0.5) is 11.5 Å². The maximum Gasteiger partial charge on any atom is 0.286 e. The zero-order valence-electron chi connectivity index (χ0n) is 23.8. The van der Waals surface area contributed by atoms with Gasteiger partial charge in [-0.3, -0.25) is 20.6 Å². The molecule has 0 aliphatic rings. The fourth-order valence-electron chi connectivity index (χ4n) is 5.06. The van der Waals surface area contributed by atoms with Crippen LogP contribution in [-0.4, -0.2) is 34.1 Å². The number of amides is 1. The molecule has 4 aromatic heterocycles. The summed E-state index contributed by atoms with van der Waals surface area (Å²) < 4.78 is 8.62. The van der Waals surface area contributed by atoms with Gasteiger partial charge in [-0.1, -0.05) is 36.4 Å². The first-order valence-electron chi connectivity index (χ1n) is 13.7. The van der Waals surface area contributed by atoms with Crippen molar-refractivity contribution in [2.45, 2.75) is 6.54 Å². The number of nitrogens with two attached hydrogens (primary N) is 1. The number of rotatable bonds is 10. The number of para-hydroxylation sites is 1. The van der Waals surface area contributed by atoms with Gasteiger partial charge in [-0.15, -0.1) is 11.3 Å². The molecule has 5 N–H and O–H groups in total. The molecule has 2 aromatic carbocycles. The van der Waals surface area contributed by atoms with E-state index in [1.807, 2.05) is 78.5 Å². The molecule has 10 heteroatoms. The zero-order chi connectivity index (χ0) is 29.8. The largest absolute Gasteiger partial charge is 0.494 e. The van der Waals surface area contributed by atoms with Gasteiger partial charge in [0.05, 0.1) is 12.8 Å². The van der Waals surface area contributed by atoms with Gasteiger partial charge >= 0.3 is 0 Å². The Bertz CT molecular complexity index is 1950. The number of carbonyl (C=O) groups is 1. The molecule has 0 saturated carbocycles. The lowest BCUT2D eigenvalue weighted by Gasteiger charge is -2.14. The first-order chi connectivity index (χ1) is 21.0. The summed E-state index contributed by atoms with van der Waals surface area (Å²) in [6.45, 7) is 1.49. The van der Waals surface area contributed by atoms with Crippen molar-refractivity contribution in [2.24, 2.45) is 7.05 Å². The molecule has 0 radical (unpaired) electrons. The standard InChI is InChI=1S/C33H31N7O2S/c1-40-27-8-4-3-6-23(27)16-28(40)33(41)39-38-26-10-9-22(17-29(26)42-2)25-20-43-31-24(19-37-32(34)30(25)31)7-5-13-36-18-21-11-14-35-15-12-21/h3-12,14-17,19-20,36,38H,13,18H2,1-2H3,(H2,34,37)(H,39,41)/b7-5+. The highest BCUT2D eigenvalue weighted by Crippen LogP contribution is 2.41. The van der Waals surface area contributed by atoms with Crippen LogP contribution in [0.2, 0.25) is 0 Å². The van der Waals surface area contributed by atoms with Gasteiger partial charge in [-0.25, -0.2) is 4.98 Å². The minimum Gasteiger partial charge on any atom is -0.494 e. The molecule has 0 spiro atoms. The van der Waals surface area contributed by atoms with Gasteiger partial charge in [-0.2, -0.15) is 0 Å². The minimum absolute atomic E-state index is 0.249. The minimum atomic E-state index is -0.249. The van der Waals surface area contributed by atoms with E-state index in [0.29, 0.717) is 22.9 Å². The average molecular weight is 590 g/mol. The lowest BCUT2D eigenvalue weighted by atomic mass is 10.0. The van der Waals surface area contributed by atoms with E-state index in [-0.39, 0.29) is 5.91 Å². The van der Waals surface area contributed by atoms with Crippen molar-refractivity contribution in [3.63, 3.8) is 0 Å². The number of methoxy groups -OCH3 is 1. The molecule has 0 bridgehead atoms. The number of nitrogen functional groups attached to an aromatic ring is 1. The van der Waals surface area contributed by atoms with E-state index >= 15 is 0 Å². The van der Waals surface area contributed by atoms with E-state index < -0.39 is 0 Å². The number of aromatic nitrogens is 3. The molecule has 0 aliphatic carbocycles. The SMILES string of the molecule is COc1cc(-c2csc3c(/C=C/CNCc4ccncc4)cnc(N)c23)ccc1NNC(=O)c1cc2ccccc2n1C. The van der Waals surface area contributed by atoms with Crippen molar-refractivity contribution in [2.75, 3.05) is 24.8 Å². The van der Waals surface area contributed by atoms with E-state index in [2.05, 4.69) is 43.7 Å². The van der Waals surface area contributed by atoms with Crippen LogP contribution in [0.15, 0.2) is 90.7 Å². The molecule has 43 heavy (non-hydrogen) atoms. The van der Waals surface area contributed by atoms with Crippen LogP contribution in [0.3, 0.4) is 0 Å². The third-order valence-electron chi connectivity index (χ3n) is 7.30. The number of nitrogens with one attached hydrogen (secondary N) is 3. The molecule has 0 fully saturated rings. The Balaban J connectivity index is 1.18. The van der Waals surface area contributed by atoms with Crippen LogP contribution >= 0.6 is 11.3 Å². The summed E-state index contributed by atoms with van der Waals surface area (Å²) in [4.78, 5) is 21.5. The second-order valence-electron chi connectivity index (χ2n) is 9.98. The number of carbonyl (C=O) groups excluding carboxylic acids is 1. The number of pyridine rings is 2. The normalized spacial score (nSPS) is 11.4. The fourth-order valence-corrected chi connectivity index (χ4v) is 6.14. The Hall–Kier alpha value is -5.19. The molecule has 0 atom stereocenters. The molecule has 4 heterocycles. The van der Waals surface area contributed by atoms with E-state index in [1.165, 1.54) is 5.56 Å². The van der Waals surface area contributed by atoms with Crippen LogP contribution < -0.4 is 26.6 Å². The number of thiophene rings is 1. The summed E-state index contributed by atoms with van der Waals surface area (Å²) in [7, 11) is 3.48. The molecular formula is C33H31N7O2S. The van der Waals surface area contributed by atoms with Crippen molar-refractivity contribution in [3.05, 3.63) is 108 Å². The quantitative estimate of drug-likeness (QED) is 0.114. The summed E-state index contributed by atoms with van der Waals surface area (Å²) in [5.41, 5.74) is 18.5. The van der Waals surface area contributed by atoms with Gasteiger partial charge < -0.3 is 20.4 Å². The molecule has 216 valence electrons.